The molecule has 11 atom stereocenters. The van der Waals surface area contributed by atoms with Gasteiger partial charge in [0.15, 0.2) is 11.9 Å². The van der Waals surface area contributed by atoms with E-state index in [0.717, 1.165) is 0 Å². The molecular weight excluding hydrogens is 999 g/mol. The number of nitrogens with two attached hydrogens (primary N) is 5. The van der Waals surface area contributed by atoms with Crippen LogP contribution in [0, 0.1) is 17.8 Å². The molecule has 0 heterocycles. The van der Waals surface area contributed by atoms with Crippen LogP contribution >= 0.6 is 37.9 Å². The maximum Gasteiger partial charge on any atom is 0.327 e. The molecular formula is C43H81N15O11S3. The Bertz CT molecular complexity index is 1860. The topological polar surface area (TPSA) is 445 Å². The summed E-state index contributed by atoms with van der Waals surface area (Å²) >= 11 is 12.4. The average molecular weight is 1080 g/mol. The molecule has 0 aliphatic rings. The van der Waals surface area contributed by atoms with E-state index in [4.69, 9.17) is 28.7 Å². The van der Waals surface area contributed by atoms with Gasteiger partial charge in [-0.3, -0.25) is 48.3 Å². The molecule has 0 spiro atoms. The molecule has 20 N–H and O–H groups in total. The lowest BCUT2D eigenvalue weighted by Gasteiger charge is -2.30. The summed E-state index contributed by atoms with van der Waals surface area (Å²) in [6, 6.07) is -11.9. The summed E-state index contributed by atoms with van der Waals surface area (Å²) < 4.78 is 0. The molecule has 0 aliphatic heterocycles. The van der Waals surface area contributed by atoms with Gasteiger partial charge in [-0.05, 0) is 63.2 Å². The Morgan fingerprint density at radius 2 is 0.833 bits per heavy atom. The number of hydrogen-bond acceptors (Lipinski definition) is 16. The lowest BCUT2D eigenvalue weighted by Crippen LogP contribution is -2.62. The fourth-order valence-electron chi connectivity index (χ4n) is 6.64. The Kier molecular flexibility index (Phi) is 32.4. The Labute approximate surface area is 437 Å². The fourth-order valence-corrected chi connectivity index (χ4v) is 7.40. The third-order valence-electron chi connectivity index (χ3n) is 10.8. The number of carboxylic acid groups (broad SMARTS) is 1. The minimum absolute atomic E-state index is 0.00212. The molecule has 0 aliphatic carbocycles. The first-order valence-electron chi connectivity index (χ1n) is 23.7. The number of amides is 8. The van der Waals surface area contributed by atoms with Crippen LogP contribution in [0.25, 0.3) is 0 Å². The van der Waals surface area contributed by atoms with Gasteiger partial charge in [0.05, 0.1) is 12.1 Å². The number of aliphatic imine (C=N–C) groups is 2. The van der Waals surface area contributed by atoms with E-state index in [2.05, 4.69) is 90.4 Å². The predicted molar refractivity (Wildman–Crippen MR) is 282 cm³/mol. The molecule has 0 unspecified atom stereocenters. The van der Waals surface area contributed by atoms with Crippen molar-refractivity contribution in [3.63, 3.8) is 0 Å². The number of carbonyl (C=O) groups excluding carboxylic acids is 8. The summed E-state index contributed by atoms with van der Waals surface area (Å²) in [4.78, 5) is 128. The molecule has 0 aromatic heterocycles. The van der Waals surface area contributed by atoms with E-state index >= 15 is 0 Å². The first-order valence-corrected chi connectivity index (χ1v) is 25.6. The minimum atomic E-state index is -1.71. The van der Waals surface area contributed by atoms with Crippen LogP contribution in [-0.4, -0.2) is 166 Å². The lowest BCUT2D eigenvalue weighted by molar-refractivity contribution is -0.142. The number of aliphatic hydroxyl groups is 1. The lowest BCUT2D eigenvalue weighted by atomic mass is 9.97. The van der Waals surface area contributed by atoms with E-state index < -0.39 is 120 Å². The fraction of sp³-hybridized carbons (Fsp3) is 0.744. The van der Waals surface area contributed by atoms with Gasteiger partial charge in [-0.1, -0.05) is 48.0 Å². The molecule has 29 heteroatoms. The smallest absolute Gasteiger partial charge is 0.327 e. The highest BCUT2D eigenvalue weighted by molar-refractivity contribution is 7.80. The van der Waals surface area contributed by atoms with Crippen molar-refractivity contribution in [2.24, 2.45) is 56.4 Å². The van der Waals surface area contributed by atoms with Crippen molar-refractivity contribution >= 4 is 103 Å². The van der Waals surface area contributed by atoms with Crippen molar-refractivity contribution in [2.45, 2.75) is 154 Å². The van der Waals surface area contributed by atoms with Crippen molar-refractivity contribution in [3.05, 3.63) is 0 Å². The molecule has 0 aromatic rings. The number of aliphatic hydroxyl groups excluding tert-OH is 1. The van der Waals surface area contributed by atoms with E-state index in [0.29, 0.717) is 12.8 Å². The zero-order chi connectivity index (χ0) is 55.4. The van der Waals surface area contributed by atoms with Gasteiger partial charge < -0.3 is 81.4 Å². The molecule has 26 nitrogen and oxygen atoms in total. The number of aliphatic carboxylic acids is 1. The molecule has 72 heavy (non-hydrogen) atoms. The number of thiol groups is 3. The number of carboxylic acids is 1. The zero-order valence-electron chi connectivity index (χ0n) is 42.2. The van der Waals surface area contributed by atoms with Gasteiger partial charge in [-0.2, -0.15) is 37.9 Å². The number of guanidine groups is 2. The molecule has 0 fully saturated rings. The summed E-state index contributed by atoms with van der Waals surface area (Å²) in [5.41, 5.74) is 27.5. The van der Waals surface area contributed by atoms with Gasteiger partial charge in [0.1, 0.15) is 48.3 Å². The van der Waals surface area contributed by atoms with Crippen molar-refractivity contribution in [1.29, 1.82) is 0 Å². The van der Waals surface area contributed by atoms with Gasteiger partial charge in [0, 0.05) is 30.3 Å². The van der Waals surface area contributed by atoms with E-state index in [1.807, 2.05) is 0 Å². The molecule has 0 bridgehead atoms. The van der Waals surface area contributed by atoms with Crippen LogP contribution in [0.1, 0.15) is 93.4 Å². The number of nitrogens with one attached hydrogen (secondary N) is 8. The van der Waals surface area contributed by atoms with Gasteiger partial charge in [0.2, 0.25) is 47.3 Å². The van der Waals surface area contributed by atoms with Crippen LogP contribution in [-0.2, 0) is 43.2 Å². The number of carbonyl (C=O) groups is 9. The molecule has 0 radical (unpaired) electrons. The highest BCUT2D eigenvalue weighted by atomic mass is 32.1. The number of nitrogens with zero attached hydrogens (tertiary/aromatic N) is 2. The minimum Gasteiger partial charge on any atom is -0.480 e. The number of hydrogen-bond donors (Lipinski definition) is 18. The molecule has 0 saturated heterocycles. The maximum absolute atomic E-state index is 14.1. The molecule has 0 aromatic carbocycles. The van der Waals surface area contributed by atoms with Gasteiger partial charge in [0.25, 0.3) is 0 Å². The quantitative estimate of drug-likeness (QED) is 0.0124. The summed E-state index contributed by atoms with van der Waals surface area (Å²) in [5.74, 6) is -9.93. The average Bonchev–Trinajstić information content (AvgIpc) is 3.30. The summed E-state index contributed by atoms with van der Waals surface area (Å²) in [6.07, 6.45) is -0.402. The Hall–Kier alpha value is -5.26. The van der Waals surface area contributed by atoms with Crippen LogP contribution in [0.5, 0.6) is 0 Å². The Balaban J connectivity index is 6.39. The van der Waals surface area contributed by atoms with Crippen molar-refractivity contribution < 1.29 is 53.4 Å². The first kappa shape index (κ1) is 66.7. The Morgan fingerprint density at radius 1 is 0.486 bits per heavy atom. The van der Waals surface area contributed by atoms with Crippen molar-refractivity contribution in [3.8, 4) is 0 Å². The van der Waals surface area contributed by atoms with Crippen molar-refractivity contribution in [1.82, 2.24) is 42.5 Å². The van der Waals surface area contributed by atoms with Crippen LogP contribution < -0.4 is 71.2 Å². The van der Waals surface area contributed by atoms with Crippen LogP contribution in [0.2, 0.25) is 0 Å². The van der Waals surface area contributed by atoms with Crippen molar-refractivity contribution in [2.75, 3.05) is 30.3 Å². The Morgan fingerprint density at radius 3 is 1.25 bits per heavy atom. The standard InChI is InChI=1S/C43H81N15O11S3/c1-8-22(6)31(39(66)56-30(19-72)41(68)69)57-34(61)25(12-10-14-50-43(47)48)51-35(62)27(16-21(4)5)53-40(67)32(23(7)59)58-38(65)29(18-71)55-36(63)26(15-20(2)3)52-37(64)28(17-70)54-33(60)24(44)11-9-13-49-42(45)46/h20-32,59,70-72H,8-19,44H2,1-7H3,(H,51,62)(H,52,64)(H,53,67)(H,54,60)(H,55,63)(H,56,66)(H,57,61)(H,58,65)(H,68,69)(H4,45,46,49)(H4,47,48,50)/t22-,23+,24-,25-,26-,27-,28-,29-,30-,31-,32-/m0/s1. The van der Waals surface area contributed by atoms with Crippen LogP contribution in [0.15, 0.2) is 9.98 Å². The second-order valence-corrected chi connectivity index (χ2v) is 19.2. The molecule has 0 rings (SSSR count). The normalized spacial score (nSPS) is 15.8. The van der Waals surface area contributed by atoms with Crippen LogP contribution in [0.4, 0.5) is 0 Å². The van der Waals surface area contributed by atoms with E-state index in [9.17, 15) is 53.4 Å². The van der Waals surface area contributed by atoms with Gasteiger partial charge in [-0.25, -0.2) is 4.79 Å². The molecule has 0 saturated carbocycles. The highest BCUT2D eigenvalue weighted by Gasteiger charge is 2.37. The monoisotopic (exact) mass is 1080 g/mol. The summed E-state index contributed by atoms with van der Waals surface area (Å²) in [7, 11) is 0. The SMILES string of the molecule is CC[C@H](C)[C@H](NC(=O)[C@H](CCCN=C(N)N)NC(=O)[C@H](CC(C)C)NC(=O)[C@@H](NC(=O)[C@H](CS)NC(=O)[C@H](CC(C)C)NC(=O)[C@H](CS)NC(=O)[C@@H](N)CCCN=C(N)N)[C@@H](C)O)C(=O)N[C@@H](CS)C(=O)O. The number of rotatable bonds is 35. The zero-order valence-corrected chi connectivity index (χ0v) is 44.9. The van der Waals surface area contributed by atoms with Gasteiger partial charge in [-0.15, -0.1) is 0 Å². The van der Waals surface area contributed by atoms with Crippen LogP contribution in [0.3, 0.4) is 0 Å². The second kappa shape index (κ2) is 35.0. The second-order valence-electron chi connectivity index (χ2n) is 18.1. The van der Waals surface area contributed by atoms with E-state index in [-0.39, 0.29) is 86.2 Å². The summed E-state index contributed by atoms with van der Waals surface area (Å²) in [6.45, 7) is 12.0. The van der Waals surface area contributed by atoms with Gasteiger partial charge >= 0.3 is 5.97 Å². The third-order valence-corrected chi connectivity index (χ3v) is 11.9. The third kappa shape index (κ3) is 25.9. The van der Waals surface area contributed by atoms with E-state index in [1.54, 1.807) is 41.5 Å². The molecule has 8 amide bonds. The molecule has 412 valence electrons. The predicted octanol–water partition coefficient (Wildman–Crippen LogP) is -4.31. The highest BCUT2D eigenvalue weighted by Crippen LogP contribution is 2.13. The van der Waals surface area contributed by atoms with E-state index in [1.165, 1.54) is 6.92 Å². The first-order chi connectivity index (χ1) is 33.6. The summed E-state index contributed by atoms with van der Waals surface area (Å²) in [5, 5.41) is 40.4. The maximum atomic E-state index is 14.1. The largest absolute Gasteiger partial charge is 0.480 e.